The zero-order valence-electron chi connectivity index (χ0n) is 12.3. The van der Waals surface area contributed by atoms with Crippen LogP contribution in [0.1, 0.15) is 35.3 Å². The van der Waals surface area contributed by atoms with E-state index in [0.717, 1.165) is 23.7 Å². The van der Waals surface area contributed by atoms with Crippen LogP contribution in [-0.4, -0.2) is 11.6 Å². The Bertz CT molecular complexity index is 601. The van der Waals surface area contributed by atoms with E-state index < -0.39 is 0 Å². The minimum atomic E-state index is 0.0803. The molecule has 0 spiro atoms. The van der Waals surface area contributed by atoms with Crippen LogP contribution in [0.25, 0.3) is 0 Å². The Labute approximate surface area is 129 Å². The molecule has 0 aliphatic heterocycles. The number of nitriles is 1. The van der Waals surface area contributed by atoms with Crippen molar-refractivity contribution in [3.05, 3.63) is 45.9 Å². The highest BCUT2D eigenvalue weighted by atomic mass is 32.1. The molecule has 1 aromatic heterocycles. The number of thiazole rings is 1. The Balaban J connectivity index is 1.87. The second-order valence-electron chi connectivity index (χ2n) is 4.69. The maximum absolute atomic E-state index is 8.48. The summed E-state index contributed by atoms with van der Waals surface area (Å²) in [5.74, 6) is 0.722. The molecular weight excluding hydrogens is 282 g/mol. The van der Waals surface area contributed by atoms with E-state index in [-0.39, 0.29) is 12.6 Å². The van der Waals surface area contributed by atoms with Gasteiger partial charge in [0.15, 0.2) is 6.61 Å². The molecule has 0 amide bonds. The zero-order valence-corrected chi connectivity index (χ0v) is 13.1. The molecule has 0 saturated heterocycles. The van der Waals surface area contributed by atoms with Gasteiger partial charge in [-0.1, -0.05) is 19.1 Å². The lowest BCUT2D eigenvalue weighted by atomic mass is 10.1. The molecule has 0 radical (unpaired) electrons. The molecule has 1 aromatic carbocycles. The lowest BCUT2D eigenvalue weighted by Gasteiger charge is -2.13. The molecule has 21 heavy (non-hydrogen) atoms. The second-order valence-corrected chi connectivity index (χ2v) is 5.89. The van der Waals surface area contributed by atoms with Crippen molar-refractivity contribution in [1.29, 1.82) is 5.26 Å². The van der Waals surface area contributed by atoms with Crippen LogP contribution in [0.4, 0.5) is 0 Å². The van der Waals surface area contributed by atoms with Gasteiger partial charge in [-0.15, -0.1) is 11.3 Å². The summed E-state index contributed by atoms with van der Waals surface area (Å²) in [6, 6.07) is 10.0. The summed E-state index contributed by atoms with van der Waals surface area (Å²) in [5.41, 5.74) is 1.19. The van der Waals surface area contributed by atoms with Gasteiger partial charge in [0.25, 0.3) is 0 Å². The summed E-state index contributed by atoms with van der Waals surface area (Å²) >= 11 is 1.76. The molecular formula is C16H19N3OS. The predicted molar refractivity (Wildman–Crippen MR) is 84.3 cm³/mol. The monoisotopic (exact) mass is 301 g/mol. The molecule has 0 saturated carbocycles. The third kappa shape index (κ3) is 4.55. The Morgan fingerprint density at radius 3 is 2.76 bits per heavy atom. The van der Waals surface area contributed by atoms with Crippen molar-refractivity contribution in [2.45, 2.75) is 32.9 Å². The number of hydrogen-bond donors (Lipinski definition) is 1. The first-order valence-corrected chi connectivity index (χ1v) is 7.81. The molecule has 110 valence electrons. The molecule has 0 aliphatic carbocycles. The standard InChI is InChI=1S/C16H19N3OS/c1-3-15-10-19-16(21-15)11-18-12(2)13-4-6-14(7-5-13)20-9-8-17/h4-7,10,12,18H,3,9,11H2,1-2H3. The molecule has 0 bridgehead atoms. The first-order valence-electron chi connectivity index (χ1n) is 6.99. The number of nitrogens with one attached hydrogen (secondary N) is 1. The lowest BCUT2D eigenvalue weighted by Crippen LogP contribution is -2.17. The Hall–Kier alpha value is -1.90. The summed E-state index contributed by atoms with van der Waals surface area (Å²) in [6.45, 7) is 5.12. The normalized spacial score (nSPS) is 11.9. The minimum absolute atomic E-state index is 0.0803. The van der Waals surface area contributed by atoms with Crippen LogP contribution in [0.5, 0.6) is 5.75 Å². The maximum atomic E-state index is 8.48. The number of aryl methyl sites for hydroxylation is 1. The van der Waals surface area contributed by atoms with E-state index in [1.807, 2.05) is 36.5 Å². The van der Waals surface area contributed by atoms with Crippen molar-refractivity contribution in [3.63, 3.8) is 0 Å². The number of benzene rings is 1. The molecule has 4 nitrogen and oxygen atoms in total. The van der Waals surface area contributed by atoms with Gasteiger partial charge >= 0.3 is 0 Å². The van der Waals surface area contributed by atoms with Crippen molar-refractivity contribution >= 4 is 11.3 Å². The molecule has 1 atom stereocenters. The van der Waals surface area contributed by atoms with Crippen molar-refractivity contribution < 1.29 is 4.74 Å². The molecule has 1 unspecified atom stereocenters. The summed E-state index contributed by atoms with van der Waals surface area (Å²) in [6.07, 6.45) is 2.99. The van der Waals surface area contributed by atoms with E-state index >= 15 is 0 Å². The Morgan fingerprint density at radius 1 is 1.38 bits per heavy atom. The first-order chi connectivity index (χ1) is 10.2. The van der Waals surface area contributed by atoms with Gasteiger partial charge in [-0.05, 0) is 31.0 Å². The fourth-order valence-electron chi connectivity index (χ4n) is 1.92. The van der Waals surface area contributed by atoms with E-state index in [1.165, 1.54) is 10.4 Å². The van der Waals surface area contributed by atoms with Gasteiger partial charge in [0, 0.05) is 23.7 Å². The highest BCUT2D eigenvalue weighted by Gasteiger charge is 2.07. The Morgan fingerprint density at radius 2 is 2.14 bits per heavy atom. The third-order valence-corrected chi connectivity index (χ3v) is 4.33. The summed E-state index contributed by atoms with van der Waals surface area (Å²) < 4.78 is 5.24. The van der Waals surface area contributed by atoms with E-state index in [2.05, 4.69) is 24.1 Å². The number of ether oxygens (including phenoxy) is 1. The lowest BCUT2D eigenvalue weighted by molar-refractivity contribution is 0.368. The largest absolute Gasteiger partial charge is 0.479 e. The molecule has 0 fully saturated rings. The van der Waals surface area contributed by atoms with Crippen molar-refractivity contribution in [1.82, 2.24) is 10.3 Å². The number of hydrogen-bond acceptors (Lipinski definition) is 5. The van der Waals surface area contributed by atoms with E-state index in [9.17, 15) is 0 Å². The van der Waals surface area contributed by atoms with Crippen LogP contribution in [0.15, 0.2) is 30.5 Å². The molecule has 1 heterocycles. The van der Waals surface area contributed by atoms with Gasteiger partial charge in [-0.2, -0.15) is 5.26 Å². The first kappa shape index (κ1) is 15.5. The van der Waals surface area contributed by atoms with Crippen LogP contribution < -0.4 is 10.1 Å². The molecule has 2 rings (SSSR count). The van der Waals surface area contributed by atoms with E-state index in [4.69, 9.17) is 10.00 Å². The number of aromatic nitrogens is 1. The molecule has 0 aliphatic rings. The van der Waals surface area contributed by atoms with Gasteiger partial charge in [0.05, 0.1) is 0 Å². The topological polar surface area (TPSA) is 57.9 Å². The van der Waals surface area contributed by atoms with Crippen molar-refractivity contribution in [2.75, 3.05) is 6.61 Å². The predicted octanol–water partition coefficient (Wildman–Crippen LogP) is 3.46. The maximum Gasteiger partial charge on any atom is 0.174 e. The molecule has 1 N–H and O–H groups in total. The van der Waals surface area contributed by atoms with E-state index in [0.29, 0.717) is 0 Å². The van der Waals surface area contributed by atoms with Gasteiger partial charge < -0.3 is 10.1 Å². The van der Waals surface area contributed by atoms with Crippen LogP contribution in [0, 0.1) is 11.3 Å². The zero-order chi connectivity index (χ0) is 15.1. The minimum Gasteiger partial charge on any atom is -0.479 e. The van der Waals surface area contributed by atoms with Crippen molar-refractivity contribution in [2.24, 2.45) is 0 Å². The smallest absolute Gasteiger partial charge is 0.174 e. The van der Waals surface area contributed by atoms with Gasteiger partial charge in [-0.3, -0.25) is 0 Å². The average Bonchev–Trinajstić information content (AvgIpc) is 2.99. The highest BCUT2D eigenvalue weighted by Crippen LogP contribution is 2.19. The third-order valence-electron chi connectivity index (χ3n) is 3.19. The fraction of sp³-hybridized carbons (Fsp3) is 0.375. The van der Waals surface area contributed by atoms with Crippen LogP contribution in [0.2, 0.25) is 0 Å². The fourth-order valence-corrected chi connectivity index (χ4v) is 2.73. The highest BCUT2D eigenvalue weighted by molar-refractivity contribution is 7.11. The second kappa shape index (κ2) is 7.77. The van der Waals surface area contributed by atoms with E-state index in [1.54, 1.807) is 11.3 Å². The van der Waals surface area contributed by atoms with Gasteiger partial charge in [0.2, 0.25) is 0 Å². The number of rotatable bonds is 7. The summed E-state index contributed by atoms with van der Waals surface area (Å²) in [7, 11) is 0. The molecule has 5 heteroatoms. The number of nitrogens with zero attached hydrogens (tertiary/aromatic N) is 2. The Kier molecular flexibility index (Phi) is 5.73. The average molecular weight is 301 g/mol. The molecule has 2 aromatic rings. The van der Waals surface area contributed by atoms with Crippen LogP contribution in [0.3, 0.4) is 0 Å². The van der Waals surface area contributed by atoms with Gasteiger partial charge in [-0.25, -0.2) is 4.98 Å². The quantitative estimate of drug-likeness (QED) is 0.851. The summed E-state index contributed by atoms with van der Waals surface area (Å²) in [5, 5.41) is 13.1. The van der Waals surface area contributed by atoms with Gasteiger partial charge in [0.1, 0.15) is 16.8 Å². The van der Waals surface area contributed by atoms with Crippen LogP contribution >= 0.6 is 11.3 Å². The van der Waals surface area contributed by atoms with Crippen molar-refractivity contribution in [3.8, 4) is 11.8 Å². The SMILES string of the molecule is CCc1cnc(CNC(C)c2ccc(OCC#N)cc2)s1. The van der Waals surface area contributed by atoms with Crippen LogP contribution in [-0.2, 0) is 13.0 Å². The summed E-state index contributed by atoms with van der Waals surface area (Å²) in [4.78, 5) is 5.72.